The van der Waals surface area contributed by atoms with E-state index >= 15 is 0 Å². The van der Waals surface area contributed by atoms with Gasteiger partial charge in [-0.1, -0.05) is 11.8 Å². The van der Waals surface area contributed by atoms with Gasteiger partial charge in [0, 0.05) is 10.6 Å². The number of methoxy groups -OCH3 is 2. The zero-order chi connectivity index (χ0) is 23.5. The van der Waals surface area contributed by atoms with Gasteiger partial charge in [0.05, 0.1) is 31.0 Å². The molecule has 0 fully saturated rings. The highest BCUT2D eigenvalue weighted by atomic mass is 32.2. The lowest BCUT2D eigenvalue weighted by atomic mass is 10.2. The maximum Gasteiger partial charge on any atom is 0.267 e. The van der Waals surface area contributed by atoms with Crippen LogP contribution in [0.1, 0.15) is 10.4 Å². The maximum absolute atomic E-state index is 13.5. The van der Waals surface area contributed by atoms with Gasteiger partial charge >= 0.3 is 0 Å². The molecule has 2 aromatic carbocycles. The van der Waals surface area contributed by atoms with Gasteiger partial charge in [-0.3, -0.25) is 14.2 Å². The first-order valence-corrected chi connectivity index (χ1v) is 12.0. The lowest BCUT2D eigenvalue weighted by Gasteiger charge is -2.13. The average Bonchev–Trinajstić information content (AvgIpc) is 3.11. The molecule has 0 saturated carbocycles. The molecular formula is C24H23N3O4S2. The second-order valence-corrected chi connectivity index (χ2v) is 9.41. The van der Waals surface area contributed by atoms with Crippen molar-refractivity contribution in [3.8, 4) is 17.2 Å². The van der Waals surface area contributed by atoms with Crippen LogP contribution in [-0.2, 0) is 4.79 Å². The highest BCUT2D eigenvalue weighted by Crippen LogP contribution is 2.30. The molecule has 1 amide bonds. The van der Waals surface area contributed by atoms with Crippen LogP contribution in [0.4, 0.5) is 5.69 Å². The smallest absolute Gasteiger partial charge is 0.267 e. The van der Waals surface area contributed by atoms with Crippen molar-refractivity contribution in [2.45, 2.75) is 19.0 Å². The minimum atomic E-state index is -0.195. The van der Waals surface area contributed by atoms with E-state index < -0.39 is 0 Å². The fourth-order valence-corrected chi connectivity index (χ4v) is 5.22. The fraction of sp³-hybridized carbons (Fsp3) is 0.208. The van der Waals surface area contributed by atoms with Gasteiger partial charge in [0.2, 0.25) is 5.91 Å². The van der Waals surface area contributed by atoms with Crippen molar-refractivity contribution < 1.29 is 14.3 Å². The number of nitrogens with one attached hydrogen (secondary N) is 1. The molecule has 0 unspecified atom stereocenters. The van der Waals surface area contributed by atoms with Crippen LogP contribution in [0.25, 0.3) is 15.9 Å². The minimum absolute atomic E-state index is 0.101. The third-order valence-corrected chi connectivity index (χ3v) is 7.25. The van der Waals surface area contributed by atoms with Crippen molar-refractivity contribution in [3.05, 3.63) is 69.3 Å². The molecule has 2 aromatic heterocycles. The SMILES string of the molecule is COc1ccc(NC(=O)CSc2nc3sc(C)c(C)c3c(=O)n2-c2ccc(OC)cc2)cc1. The Morgan fingerprint density at radius 2 is 1.64 bits per heavy atom. The van der Waals surface area contributed by atoms with Crippen molar-refractivity contribution in [2.75, 3.05) is 25.3 Å². The number of ether oxygens (including phenoxy) is 2. The van der Waals surface area contributed by atoms with Gasteiger partial charge in [-0.05, 0) is 67.9 Å². The summed E-state index contributed by atoms with van der Waals surface area (Å²) in [5.74, 6) is 1.31. The van der Waals surface area contributed by atoms with Crippen LogP contribution in [0.5, 0.6) is 11.5 Å². The van der Waals surface area contributed by atoms with Gasteiger partial charge < -0.3 is 14.8 Å². The first kappa shape index (κ1) is 22.9. The zero-order valence-corrected chi connectivity index (χ0v) is 20.3. The molecular weight excluding hydrogens is 458 g/mol. The largest absolute Gasteiger partial charge is 0.497 e. The Morgan fingerprint density at radius 1 is 1.03 bits per heavy atom. The van der Waals surface area contributed by atoms with E-state index in [4.69, 9.17) is 14.5 Å². The molecule has 9 heteroatoms. The number of hydrogen-bond acceptors (Lipinski definition) is 7. The van der Waals surface area contributed by atoms with Gasteiger partial charge in [0.1, 0.15) is 16.3 Å². The van der Waals surface area contributed by atoms with Gasteiger partial charge in [-0.2, -0.15) is 0 Å². The van der Waals surface area contributed by atoms with E-state index in [9.17, 15) is 9.59 Å². The predicted octanol–water partition coefficient (Wildman–Crippen LogP) is 4.81. The molecule has 0 aliphatic heterocycles. The molecule has 0 aliphatic rings. The van der Waals surface area contributed by atoms with E-state index in [1.807, 2.05) is 26.0 Å². The normalized spacial score (nSPS) is 10.9. The summed E-state index contributed by atoms with van der Waals surface area (Å²) in [7, 11) is 3.18. The molecule has 7 nitrogen and oxygen atoms in total. The summed E-state index contributed by atoms with van der Waals surface area (Å²) in [6, 6.07) is 14.3. The highest BCUT2D eigenvalue weighted by Gasteiger charge is 2.19. The van der Waals surface area contributed by atoms with Crippen LogP contribution in [0.15, 0.2) is 58.5 Å². The summed E-state index contributed by atoms with van der Waals surface area (Å²) in [6.45, 7) is 3.92. The van der Waals surface area contributed by atoms with E-state index in [0.29, 0.717) is 38.2 Å². The average molecular weight is 482 g/mol. The molecule has 4 rings (SSSR count). The summed E-state index contributed by atoms with van der Waals surface area (Å²) >= 11 is 2.71. The Bertz CT molecular complexity index is 1360. The van der Waals surface area contributed by atoms with Crippen molar-refractivity contribution in [3.63, 3.8) is 0 Å². The van der Waals surface area contributed by atoms with Crippen LogP contribution >= 0.6 is 23.1 Å². The number of fused-ring (bicyclic) bond motifs is 1. The molecule has 2 heterocycles. The monoisotopic (exact) mass is 481 g/mol. The molecule has 0 atom stereocenters. The predicted molar refractivity (Wildman–Crippen MR) is 134 cm³/mol. The van der Waals surface area contributed by atoms with E-state index in [1.165, 1.54) is 23.1 Å². The van der Waals surface area contributed by atoms with E-state index in [1.54, 1.807) is 55.2 Å². The Labute approximate surface area is 199 Å². The lowest BCUT2D eigenvalue weighted by Crippen LogP contribution is -2.22. The third kappa shape index (κ3) is 4.74. The Morgan fingerprint density at radius 3 is 2.24 bits per heavy atom. The highest BCUT2D eigenvalue weighted by molar-refractivity contribution is 7.99. The Kier molecular flexibility index (Phi) is 6.71. The van der Waals surface area contributed by atoms with E-state index in [2.05, 4.69) is 5.32 Å². The number of thioether (sulfide) groups is 1. The maximum atomic E-state index is 13.5. The van der Waals surface area contributed by atoms with Crippen LogP contribution in [-0.4, -0.2) is 35.4 Å². The molecule has 0 bridgehead atoms. The van der Waals surface area contributed by atoms with E-state index in [-0.39, 0.29) is 17.2 Å². The van der Waals surface area contributed by atoms with Crippen LogP contribution in [0, 0.1) is 13.8 Å². The number of benzene rings is 2. The summed E-state index contributed by atoms with van der Waals surface area (Å²) in [4.78, 5) is 32.6. The zero-order valence-electron chi connectivity index (χ0n) is 18.7. The van der Waals surface area contributed by atoms with Gasteiger partial charge in [-0.25, -0.2) is 4.98 Å². The van der Waals surface area contributed by atoms with Gasteiger partial charge in [-0.15, -0.1) is 11.3 Å². The number of hydrogen-bond donors (Lipinski definition) is 1. The fourth-order valence-electron chi connectivity index (χ4n) is 3.33. The van der Waals surface area contributed by atoms with E-state index in [0.717, 1.165) is 10.4 Å². The van der Waals surface area contributed by atoms with Crippen LogP contribution < -0.4 is 20.3 Å². The summed E-state index contributed by atoms with van der Waals surface area (Å²) in [5.41, 5.74) is 2.12. The number of rotatable bonds is 7. The Hall–Kier alpha value is -3.30. The minimum Gasteiger partial charge on any atom is -0.497 e. The molecule has 0 spiro atoms. The summed E-state index contributed by atoms with van der Waals surface area (Å²) in [6.07, 6.45) is 0. The number of carbonyl (C=O) groups excluding carboxylic acids is 1. The standard InChI is InChI=1S/C24H23N3O4S2/c1-14-15(2)33-22-21(14)23(29)27(17-7-11-19(31-4)12-8-17)24(26-22)32-13-20(28)25-16-5-9-18(30-3)10-6-16/h5-12H,13H2,1-4H3,(H,25,28). The Balaban J connectivity index is 1.66. The third-order valence-electron chi connectivity index (χ3n) is 5.21. The quantitative estimate of drug-likeness (QED) is 0.301. The molecule has 0 saturated heterocycles. The molecule has 0 radical (unpaired) electrons. The summed E-state index contributed by atoms with van der Waals surface area (Å²) < 4.78 is 11.9. The molecule has 0 aliphatic carbocycles. The van der Waals surface area contributed by atoms with Crippen molar-refractivity contribution in [1.29, 1.82) is 0 Å². The number of aromatic nitrogens is 2. The first-order chi connectivity index (χ1) is 15.9. The van der Waals surface area contributed by atoms with Crippen LogP contribution in [0.2, 0.25) is 0 Å². The molecule has 170 valence electrons. The molecule has 4 aromatic rings. The number of nitrogens with zero attached hydrogens (tertiary/aromatic N) is 2. The number of carbonyl (C=O) groups is 1. The van der Waals surface area contributed by atoms with Crippen molar-refractivity contribution in [2.24, 2.45) is 0 Å². The number of amides is 1. The number of aryl methyl sites for hydroxylation is 2. The second-order valence-electron chi connectivity index (χ2n) is 7.26. The van der Waals surface area contributed by atoms with Gasteiger partial charge in [0.25, 0.3) is 5.56 Å². The number of thiophene rings is 1. The topological polar surface area (TPSA) is 82.5 Å². The molecule has 33 heavy (non-hydrogen) atoms. The van der Waals surface area contributed by atoms with Crippen molar-refractivity contribution >= 4 is 44.9 Å². The van der Waals surface area contributed by atoms with Crippen molar-refractivity contribution in [1.82, 2.24) is 9.55 Å². The second kappa shape index (κ2) is 9.68. The van der Waals surface area contributed by atoms with Crippen LogP contribution in [0.3, 0.4) is 0 Å². The number of anilines is 1. The summed E-state index contributed by atoms with van der Waals surface area (Å²) in [5, 5.41) is 3.93. The first-order valence-electron chi connectivity index (χ1n) is 10.1. The lowest BCUT2D eigenvalue weighted by molar-refractivity contribution is -0.113. The van der Waals surface area contributed by atoms with Gasteiger partial charge in [0.15, 0.2) is 5.16 Å². The molecule has 1 N–H and O–H groups in total.